The maximum absolute atomic E-state index is 10.4. The van der Waals surface area contributed by atoms with Crippen molar-refractivity contribution in [3.63, 3.8) is 0 Å². The Morgan fingerprint density at radius 3 is 2.85 bits per heavy atom. The van der Waals surface area contributed by atoms with Gasteiger partial charge in [0, 0.05) is 18.2 Å². The van der Waals surface area contributed by atoms with Crippen LogP contribution in [0, 0.1) is 10.1 Å². The third-order valence-electron chi connectivity index (χ3n) is 1.74. The fourth-order valence-electron chi connectivity index (χ4n) is 0.971. The predicted molar refractivity (Wildman–Crippen MR) is 50.5 cm³/mol. The van der Waals surface area contributed by atoms with Crippen molar-refractivity contribution >= 4 is 17.5 Å². The number of nitro benzene ring substituents is 1. The molecule has 0 aliphatic heterocycles. The zero-order valence-corrected chi connectivity index (χ0v) is 7.78. The third kappa shape index (κ3) is 2.40. The molecule has 0 radical (unpaired) electrons. The normalized spacial score (nSPS) is 12.5. The number of hydrogen-bond acceptors (Lipinski definition) is 3. The van der Waals surface area contributed by atoms with Crippen LogP contribution in [0.15, 0.2) is 24.3 Å². The van der Waals surface area contributed by atoms with Gasteiger partial charge in [-0.2, -0.15) is 0 Å². The van der Waals surface area contributed by atoms with E-state index in [1.54, 1.807) is 12.1 Å². The molecule has 1 aromatic carbocycles. The van der Waals surface area contributed by atoms with Gasteiger partial charge in [-0.15, -0.1) is 0 Å². The largest absolute Gasteiger partial charge is 0.269 e. The van der Waals surface area contributed by atoms with Crippen LogP contribution in [-0.2, 0) is 0 Å². The van der Waals surface area contributed by atoms with Gasteiger partial charge < -0.3 is 0 Å². The molecule has 0 heterocycles. The molecule has 0 bridgehead atoms. The molecule has 0 aromatic heterocycles. The van der Waals surface area contributed by atoms with E-state index in [0.717, 1.165) is 5.56 Å². The lowest BCUT2D eigenvalue weighted by Crippen LogP contribution is -2.06. The number of nitro groups is 1. The van der Waals surface area contributed by atoms with Crippen LogP contribution in [0.3, 0.4) is 0 Å². The Hall–Kier alpha value is -1.13. The van der Waals surface area contributed by atoms with Gasteiger partial charge in [0.2, 0.25) is 0 Å². The fraction of sp³-hybridized carbons (Fsp3) is 0.250. The fourth-order valence-corrected chi connectivity index (χ4v) is 1.10. The average Bonchev–Trinajstić information content (AvgIpc) is 2.17. The van der Waals surface area contributed by atoms with E-state index < -0.39 is 4.92 Å². The molecule has 1 aromatic rings. The third-order valence-corrected chi connectivity index (χ3v) is 2.07. The minimum absolute atomic E-state index is 0.0799. The molecule has 0 saturated heterocycles. The monoisotopic (exact) mass is 200 g/mol. The highest BCUT2D eigenvalue weighted by Crippen LogP contribution is 2.18. The van der Waals surface area contributed by atoms with Crippen LogP contribution in [0.5, 0.6) is 0 Å². The maximum Gasteiger partial charge on any atom is 0.269 e. The highest BCUT2D eigenvalue weighted by molar-refractivity contribution is 6.13. The summed E-state index contributed by atoms with van der Waals surface area (Å²) in [5.74, 6) is 0. The van der Waals surface area contributed by atoms with Crippen LogP contribution in [0.4, 0.5) is 5.69 Å². The zero-order valence-electron chi connectivity index (χ0n) is 7.03. The van der Waals surface area contributed by atoms with E-state index >= 15 is 0 Å². The molecule has 13 heavy (non-hydrogen) atoms. The van der Waals surface area contributed by atoms with Gasteiger partial charge >= 0.3 is 0 Å². The van der Waals surface area contributed by atoms with Crippen molar-refractivity contribution in [1.82, 2.24) is 4.84 Å². The van der Waals surface area contributed by atoms with Crippen molar-refractivity contribution in [2.75, 3.05) is 0 Å². The van der Waals surface area contributed by atoms with Crippen molar-refractivity contribution in [2.45, 2.75) is 13.0 Å². The topological polar surface area (TPSA) is 55.2 Å². The molecule has 1 rings (SSSR count). The molecule has 0 fully saturated rings. The molecule has 70 valence electrons. The highest BCUT2D eigenvalue weighted by Gasteiger charge is 2.09. The Morgan fingerprint density at radius 1 is 1.62 bits per heavy atom. The van der Waals surface area contributed by atoms with Crippen LogP contribution in [0.25, 0.3) is 0 Å². The molecule has 5 heteroatoms. The summed E-state index contributed by atoms with van der Waals surface area (Å²) in [5, 5.41) is 10.4. The summed E-state index contributed by atoms with van der Waals surface area (Å²) >= 11 is 5.40. The number of benzene rings is 1. The van der Waals surface area contributed by atoms with Crippen molar-refractivity contribution in [3.05, 3.63) is 39.9 Å². The summed E-state index contributed by atoms with van der Waals surface area (Å²) in [7, 11) is 0. The van der Waals surface area contributed by atoms with E-state index in [1.807, 2.05) is 6.92 Å². The second-order valence-electron chi connectivity index (χ2n) is 2.68. The van der Waals surface area contributed by atoms with Gasteiger partial charge in [0.25, 0.3) is 5.69 Å². The van der Waals surface area contributed by atoms with E-state index in [1.165, 1.54) is 12.1 Å². The molecule has 0 aliphatic carbocycles. The van der Waals surface area contributed by atoms with Gasteiger partial charge in [0.05, 0.1) is 4.92 Å². The summed E-state index contributed by atoms with van der Waals surface area (Å²) in [4.78, 5) is 12.5. The first-order valence-electron chi connectivity index (χ1n) is 3.75. The van der Waals surface area contributed by atoms with Crippen LogP contribution in [0.1, 0.15) is 18.5 Å². The predicted octanol–water partition coefficient (Wildman–Crippen LogP) is 2.40. The first-order chi connectivity index (χ1) is 6.15. The van der Waals surface area contributed by atoms with Crippen LogP contribution < -0.4 is 4.84 Å². The molecule has 1 unspecified atom stereocenters. The lowest BCUT2D eigenvalue weighted by molar-refractivity contribution is -0.384. The SMILES string of the molecule is CC(NCl)c1cccc([N+](=O)[O-])c1. The highest BCUT2D eigenvalue weighted by atomic mass is 35.5. The van der Waals surface area contributed by atoms with Crippen molar-refractivity contribution in [2.24, 2.45) is 0 Å². The van der Waals surface area contributed by atoms with Crippen molar-refractivity contribution in [3.8, 4) is 0 Å². The van der Waals surface area contributed by atoms with E-state index in [0.29, 0.717) is 0 Å². The number of halogens is 1. The standard InChI is InChI=1S/C8H9ClN2O2/c1-6(10-9)7-3-2-4-8(5-7)11(12)13/h2-6,10H,1H3. The van der Waals surface area contributed by atoms with Gasteiger partial charge in [0.1, 0.15) is 0 Å². The molecule has 0 spiro atoms. The lowest BCUT2D eigenvalue weighted by Gasteiger charge is -2.07. The van der Waals surface area contributed by atoms with E-state index in [9.17, 15) is 10.1 Å². The molecule has 0 saturated carbocycles. The second-order valence-corrected chi connectivity index (χ2v) is 2.90. The molecule has 1 atom stereocenters. The minimum Gasteiger partial charge on any atom is -0.258 e. The lowest BCUT2D eigenvalue weighted by atomic mass is 10.1. The number of hydrogen-bond donors (Lipinski definition) is 1. The maximum atomic E-state index is 10.4. The number of nitrogens with one attached hydrogen (secondary N) is 1. The Bertz CT molecular complexity index is 317. The number of nitrogens with zero attached hydrogens (tertiary/aromatic N) is 1. The van der Waals surface area contributed by atoms with Gasteiger partial charge in [-0.25, -0.2) is 4.84 Å². The van der Waals surface area contributed by atoms with Crippen LogP contribution in [-0.4, -0.2) is 4.92 Å². The van der Waals surface area contributed by atoms with Gasteiger partial charge in [-0.3, -0.25) is 10.1 Å². The summed E-state index contributed by atoms with van der Waals surface area (Å²) in [6.45, 7) is 1.83. The summed E-state index contributed by atoms with van der Waals surface area (Å²) < 4.78 is 0. The molecule has 4 nitrogen and oxygen atoms in total. The van der Waals surface area contributed by atoms with Crippen molar-refractivity contribution in [1.29, 1.82) is 0 Å². The van der Waals surface area contributed by atoms with E-state index in [4.69, 9.17) is 11.8 Å². The first-order valence-corrected chi connectivity index (χ1v) is 4.13. The Labute approximate surface area is 80.8 Å². The summed E-state index contributed by atoms with van der Waals surface area (Å²) in [5.41, 5.74) is 0.875. The average molecular weight is 201 g/mol. The van der Waals surface area contributed by atoms with Crippen molar-refractivity contribution < 1.29 is 4.92 Å². The molecular weight excluding hydrogens is 192 g/mol. The summed E-state index contributed by atoms with van der Waals surface area (Å²) in [6.07, 6.45) is 0. The summed E-state index contributed by atoms with van der Waals surface area (Å²) in [6, 6.07) is 6.28. The molecular formula is C8H9ClN2O2. The van der Waals surface area contributed by atoms with Crippen LogP contribution in [0.2, 0.25) is 0 Å². The second kappa shape index (κ2) is 4.20. The van der Waals surface area contributed by atoms with Gasteiger partial charge in [0.15, 0.2) is 0 Å². The zero-order chi connectivity index (χ0) is 9.84. The minimum atomic E-state index is -0.426. The van der Waals surface area contributed by atoms with E-state index in [2.05, 4.69) is 4.84 Å². The van der Waals surface area contributed by atoms with Gasteiger partial charge in [-0.1, -0.05) is 12.1 Å². The molecule has 1 N–H and O–H groups in total. The Balaban J connectivity index is 2.98. The van der Waals surface area contributed by atoms with Gasteiger partial charge in [-0.05, 0) is 24.3 Å². The quantitative estimate of drug-likeness (QED) is 0.463. The molecule has 0 amide bonds. The number of rotatable bonds is 3. The Kier molecular flexibility index (Phi) is 3.22. The smallest absolute Gasteiger partial charge is 0.258 e. The first kappa shape index (κ1) is 9.95. The van der Waals surface area contributed by atoms with Crippen LogP contribution >= 0.6 is 11.8 Å². The van der Waals surface area contributed by atoms with E-state index in [-0.39, 0.29) is 11.7 Å². The number of non-ortho nitro benzene ring substituents is 1. The Morgan fingerprint density at radius 2 is 2.31 bits per heavy atom. The molecule has 0 aliphatic rings.